The molecule has 2 N–H and O–H groups in total. The van der Waals surface area contributed by atoms with Crippen LogP contribution in [0.4, 0.5) is 8.78 Å². The first kappa shape index (κ1) is 29.6. The van der Waals surface area contributed by atoms with Gasteiger partial charge in [0.15, 0.2) is 0 Å². The molecule has 1 saturated carbocycles. The van der Waals surface area contributed by atoms with Crippen LogP contribution in [0, 0.1) is 5.92 Å². The van der Waals surface area contributed by atoms with Crippen molar-refractivity contribution in [3.8, 4) is 11.1 Å². The smallest absolute Gasteiger partial charge is 0.275 e. The number of fused-ring (bicyclic) bond motifs is 3. The lowest BCUT2D eigenvalue weighted by Crippen LogP contribution is -2.46. The molecule has 2 aliphatic rings. The summed E-state index contributed by atoms with van der Waals surface area (Å²) in [6.45, 7) is -0.274. The quantitative estimate of drug-likeness (QED) is 0.185. The molecule has 3 unspecified atom stereocenters. The van der Waals surface area contributed by atoms with Crippen LogP contribution >= 0.6 is 9.24 Å². The number of amides is 2. The van der Waals surface area contributed by atoms with Gasteiger partial charge in [-0.15, -0.1) is 0 Å². The number of rotatable bonds is 12. The summed E-state index contributed by atoms with van der Waals surface area (Å²) in [4.78, 5) is 25.9. The Balaban J connectivity index is 1.41. The number of unbranched alkanes of at least 4 members (excludes halogenated alkanes) is 1. The van der Waals surface area contributed by atoms with Crippen LogP contribution in [0.15, 0.2) is 48.5 Å². The molecule has 5 nitrogen and oxygen atoms in total. The topological polar surface area (TPSA) is 67.4 Å². The lowest BCUT2D eigenvalue weighted by atomic mass is 9.73. The second-order valence-corrected chi connectivity index (χ2v) is 11.9. The monoisotopic (exact) mass is 558 g/mol. The second kappa shape index (κ2) is 13.3. The van der Waals surface area contributed by atoms with E-state index in [-0.39, 0.29) is 17.9 Å². The lowest BCUT2D eigenvalue weighted by molar-refractivity contribution is -0.126. The Morgan fingerprint density at radius 3 is 2.31 bits per heavy atom. The molecule has 3 atom stereocenters. The van der Waals surface area contributed by atoms with Crippen LogP contribution in [0.3, 0.4) is 0 Å². The van der Waals surface area contributed by atoms with Gasteiger partial charge in [-0.3, -0.25) is 9.59 Å². The minimum absolute atomic E-state index is 0.0560. The summed E-state index contributed by atoms with van der Waals surface area (Å²) in [5.41, 5.74) is -0.236. The molecule has 212 valence electrons. The van der Waals surface area contributed by atoms with Crippen LogP contribution in [0.25, 0.3) is 11.1 Å². The number of ether oxygens (including phenoxy) is 1. The average Bonchev–Trinajstić information content (AvgIpc) is 3.02. The molecule has 0 spiro atoms. The van der Waals surface area contributed by atoms with Gasteiger partial charge in [-0.25, -0.2) is 8.78 Å². The van der Waals surface area contributed by atoms with Gasteiger partial charge in [-0.1, -0.05) is 89.9 Å². The number of nitrogens with one attached hydrogen (secondary N) is 2. The molecule has 1 fully saturated rings. The van der Waals surface area contributed by atoms with Crippen molar-refractivity contribution in [1.29, 1.82) is 0 Å². The van der Waals surface area contributed by atoms with Gasteiger partial charge in [-0.2, -0.15) is 0 Å². The van der Waals surface area contributed by atoms with Crippen LogP contribution in [-0.4, -0.2) is 43.8 Å². The maximum Gasteiger partial charge on any atom is 0.275 e. The zero-order valence-corrected chi connectivity index (χ0v) is 24.0. The van der Waals surface area contributed by atoms with Crippen molar-refractivity contribution in [3.63, 3.8) is 0 Å². The second-order valence-electron chi connectivity index (χ2n) is 11.1. The minimum atomic E-state index is -3.06. The van der Waals surface area contributed by atoms with Crippen LogP contribution < -0.4 is 10.6 Å². The van der Waals surface area contributed by atoms with Crippen molar-refractivity contribution in [2.45, 2.75) is 81.3 Å². The number of benzene rings is 2. The van der Waals surface area contributed by atoms with E-state index in [0.29, 0.717) is 25.4 Å². The molecule has 0 radical (unpaired) electrons. The van der Waals surface area contributed by atoms with E-state index < -0.39 is 17.6 Å². The summed E-state index contributed by atoms with van der Waals surface area (Å²) < 4.78 is 32.4. The van der Waals surface area contributed by atoms with Crippen molar-refractivity contribution in [2.75, 3.05) is 20.3 Å². The zero-order chi connectivity index (χ0) is 27.9. The third-order valence-electron chi connectivity index (χ3n) is 8.34. The van der Waals surface area contributed by atoms with E-state index in [2.05, 4.69) is 10.6 Å². The third kappa shape index (κ3) is 7.24. The SMILES string of the molecule is COCCC(=O)NC1CCCC(CCCCC2(C(=O)NCC(F)(F)P)c3ccccc3-c3ccccc32)CC1. The Bertz CT molecular complexity index is 1090. The molecular weight excluding hydrogens is 517 g/mol. The van der Waals surface area contributed by atoms with Gasteiger partial charge >= 0.3 is 0 Å². The molecule has 0 aliphatic heterocycles. The van der Waals surface area contributed by atoms with Crippen LogP contribution in [-0.2, 0) is 19.7 Å². The van der Waals surface area contributed by atoms with Gasteiger partial charge < -0.3 is 15.4 Å². The van der Waals surface area contributed by atoms with Crippen molar-refractivity contribution in [3.05, 3.63) is 59.7 Å². The number of halogens is 2. The predicted molar refractivity (Wildman–Crippen MR) is 154 cm³/mol. The van der Waals surface area contributed by atoms with Crippen molar-refractivity contribution >= 4 is 21.1 Å². The fourth-order valence-electron chi connectivity index (χ4n) is 6.43. The van der Waals surface area contributed by atoms with E-state index >= 15 is 0 Å². The number of hydrogen-bond acceptors (Lipinski definition) is 3. The minimum Gasteiger partial charge on any atom is -0.384 e. The van der Waals surface area contributed by atoms with Gasteiger partial charge in [0.1, 0.15) is 5.41 Å². The molecule has 2 amide bonds. The highest BCUT2D eigenvalue weighted by Gasteiger charge is 2.48. The number of carbonyl (C=O) groups excluding carboxylic acids is 2. The van der Waals surface area contributed by atoms with E-state index in [4.69, 9.17) is 4.74 Å². The van der Waals surface area contributed by atoms with Gasteiger partial charge in [0.25, 0.3) is 5.66 Å². The molecule has 0 saturated heterocycles. The van der Waals surface area contributed by atoms with Crippen molar-refractivity contribution in [1.82, 2.24) is 10.6 Å². The Labute approximate surface area is 233 Å². The summed E-state index contributed by atoms with van der Waals surface area (Å²) >= 11 is 0. The Morgan fingerprint density at radius 2 is 1.67 bits per heavy atom. The van der Waals surface area contributed by atoms with E-state index in [1.165, 1.54) is 9.24 Å². The first-order valence-corrected chi connectivity index (χ1v) is 14.7. The summed E-state index contributed by atoms with van der Waals surface area (Å²) in [6.07, 6.45) is 9.13. The maximum atomic E-state index is 13.8. The predicted octanol–water partition coefficient (Wildman–Crippen LogP) is 6.20. The van der Waals surface area contributed by atoms with E-state index in [1.807, 2.05) is 48.5 Å². The Hall–Kier alpha value is -2.37. The maximum absolute atomic E-state index is 13.8. The highest BCUT2D eigenvalue weighted by atomic mass is 31.0. The van der Waals surface area contributed by atoms with Gasteiger partial charge in [0.2, 0.25) is 11.8 Å². The van der Waals surface area contributed by atoms with Crippen LogP contribution in [0.1, 0.15) is 75.3 Å². The van der Waals surface area contributed by atoms with Gasteiger partial charge in [-0.05, 0) is 53.9 Å². The molecule has 2 aliphatic carbocycles. The van der Waals surface area contributed by atoms with E-state index in [0.717, 1.165) is 73.6 Å². The zero-order valence-electron chi connectivity index (χ0n) is 22.8. The molecule has 4 rings (SSSR count). The van der Waals surface area contributed by atoms with Crippen LogP contribution in [0.2, 0.25) is 0 Å². The number of carbonyl (C=O) groups is 2. The summed E-state index contributed by atoms with van der Waals surface area (Å²) in [5.74, 6) is 0.290. The first-order chi connectivity index (χ1) is 18.7. The fraction of sp³-hybridized carbons (Fsp3) is 0.548. The normalized spacial score (nSPS) is 20.0. The Kier molecular flexibility index (Phi) is 10.1. The summed E-state index contributed by atoms with van der Waals surface area (Å²) in [7, 11) is 3.11. The summed E-state index contributed by atoms with van der Waals surface area (Å²) in [5, 5.41) is 5.73. The van der Waals surface area contributed by atoms with E-state index in [9.17, 15) is 18.4 Å². The highest BCUT2D eigenvalue weighted by Crippen LogP contribution is 2.51. The third-order valence-corrected chi connectivity index (χ3v) is 8.54. The summed E-state index contributed by atoms with van der Waals surface area (Å²) in [6, 6.07) is 16.0. The fourth-order valence-corrected chi connectivity index (χ4v) is 6.53. The first-order valence-electron chi connectivity index (χ1n) is 14.2. The highest BCUT2D eigenvalue weighted by molar-refractivity contribution is 7.18. The molecule has 2 aromatic carbocycles. The molecule has 39 heavy (non-hydrogen) atoms. The molecule has 0 heterocycles. The van der Waals surface area contributed by atoms with Crippen LogP contribution in [0.5, 0.6) is 0 Å². The molecule has 0 bridgehead atoms. The largest absolute Gasteiger partial charge is 0.384 e. The molecule has 2 aromatic rings. The lowest BCUT2D eigenvalue weighted by Gasteiger charge is -2.31. The standard InChI is InChI=1S/C31H41F2N2O3P/c1-38-20-18-28(36)35-23-11-8-10-22(16-17-23)9-6-7-19-30(29(37)34-21-31(32,33)39)26-14-4-2-12-24(26)25-13-3-5-15-27(25)30/h2-5,12-15,22-23H,6-11,16-21,39H2,1H3,(H,34,37)(H,35,36). The van der Waals surface area contributed by atoms with Crippen molar-refractivity contribution < 1.29 is 23.1 Å². The van der Waals surface area contributed by atoms with Gasteiger partial charge in [0.05, 0.1) is 13.2 Å². The van der Waals surface area contributed by atoms with E-state index in [1.54, 1.807) is 7.11 Å². The average molecular weight is 559 g/mol. The molecule has 0 aromatic heterocycles. The Morgan fingerprint density at radius 1 is 1.00 bits per heavy atom. The molecule has 8 heteroatoms. The number of hydrogen-bond donors (Lipinski definition) is 2. The number of alkyl halides is 2. The van der Waals surface area contributed by atoms with Gasteiger partial charge in [0, 0.05) is 19.6 Å². The van der Waals surface area contributed by atoms with Crippen molar-refractivity contribution in [2.24, 2.45) is 5.92 Å². The number of methoxy groups -OCH3 is 1. The molecular formula is C31H41F2N2O3P.